The van der Waals surface area contributed by atoms with Crippen molar-refractivity contribution in [2.45, 2.75) is 19.3 Å². The highest BCUT2D eigenvalue weighted by Gasteiger charge is 2.19. The number of halogens is 1. The molecular weight excluding hydrogens is 267 g/mol. The van der Waals surface area contributed by atoms with Crippen LogP contribution in [-0.4, -0.2) is 10.2 Å². The molecule has 3 nitrogen and oxygen atoms in total. The average molecular weight is 282 g/mol. The quantitative estimate of drug-likeness (QED) is 0.711. The molecule has 0 radical (unpaired) electrons. The second-order valence-corrected chi connectivity index (χ2v) is 4.82. The fourth-order valence-electron chi connectivity index (χ4n) is 2.32. The molecule has 0 bridgehead atoms. The third kappa shape index (κ3) is 2.84. The highest BCUT2D eigenvalue weighted by Crippen LogP contribution is 2.29. The summed E-state index contributed by atoms with van der Waals surface area (Å²) in [6.07, 6.45) is 0.870. The summed E-state index contributed by atoms with van der Waals surface area (Å²) in [4.78, 5) is 0. The molecule has 21 heavy (non-hydrogen) atoms. The van der Waals surface area contributed by atoms with Crippen LogP contribution < -0.4 is 0 Å². The van der Waals surface area contributed by atoms with Gasteiger partial charge in [-0.25, -0.2) is 4.39 Å². The van der Waals surface area contributed by atoms with Crippen molar-refractivity contribution in [3.63, 3.8) is 0 Å². The van der Waals surface area contributed by atoms with Gasteiger partial charge in [0.25, 0.3) is 0 Å². The smallest absolute Gasteiger partial charge is 0.247 e. The maximum Gasteiger partial charge on any atom is 0.247 e. The summed E-state index contributed by atoms with van der Waals surface area (Å²) in [6.45, 7) is 2.08. The van der Waals surface area contributed by atoms with Crippen molar-refractivity contribution in [3.8, 4) is 11.5 Å². The number of rotatable bonds is 4. The van der Waals surface area contributed by atoms with Crippen LogP contribution >= 0.6 is 0 Å². The predicted molar refractivity (Wildman–Crippen MR) is 78.3 cm³/mol. The Bertz CT molecular complexity index is 707. The Hall–Kier alpha value is -2.49. The summed E-state index contributed by atoms with van der Waals surface area (Å²) in [5, 5.41) is 8.22. The molecule has 0 amide bonds. The molecule has 0 spiro atoms. The van der Waals surface area contributed by atoms with E-state index in [-0.39, 0.29) is 11.7 Å². The summed E-state index contributed by atoms with van der Waals surface area (Å²) >= 11 is 0. The molecule has 1 aromatic heterocycles. The average Bonchev–Trinajstić information content (AvgIpc) is 2.99. The lowest BCUT2D eigenvalue weighted by Gasteiger charge is -2.10. The van der Waals surface area contributed by atoms with Gasteiger partial charge in [-0.05, 0) is 36.2 Å². The van der Waals surface area contributed by atoms with Crippen molar-refractivity contribution in [1.29, 1.82) is 0 Å². The van der Waals surface area contributed by atoms with E-state index in [4.69, 9.17) is 4.42 Å². The molecule has 0 N–H and O–H groups in total. The minimum Gasteiger partial charge on any atom is -0.420 e. The first kappa shape index (κ1) is 13.5. The van der Waals surface area contributed by atoms with E-state index in [1.807, 2.05) is 18.2 Å². The Kier molecular flexibility index (Phi) is 3.77. The van der Waals surface area contributed by atoms with Crippen LogP contribution in [-0.2, 0) is 0 Å². The van der Waals surface area contributed by atoms with Crippen LogP contribution in [0.2, 0.25) is 0 Å². The van der Waals surface area contributed by atoms with E-state index >= 15 is 0 Å². The first-order valence-corrected chi connectivity index (χ1v) is 6.92. The lowest BCUT2D eigenvalue weighted by atomic mass is 9.97. The largest absolute Gasteiger partial charge is 0.420 e. The van der Waals surface area contributed by atoms with Gasteiger partial charge in [-0.15, -0.1) is 10.2 Å². The second-order valence-electron chi connectivity index (χ2n) is 4.82. The normalized spacial score (nSPS) is 12.3. The number of nitrogens with zero attached hydrogens (tertiary/aromatic N) is 2. The van der Waals surface area contributed by atoms with Gasteiger partial charge in [0.05, 0.1) is 5.92 Å². The molecule has 106 valence electrons. The van der Waals surface area contributed by atoms with Gasteiger partial charge in [0.2, 0.25) is 11.8 Å². The molecule has 0 aliphatic carbocycles. The highest BCUT2D eigenvalue weighted by molar-refractivity contribution is 5.52. The fourth-order valence-corrected chi connectivity index (χ4v) is 2.32. The lowest BCUT2D eigenvalue weighted by molar-refractivity contribution is 0.474. The van der Waals surface area contributed by atoms with Crippen molar-refractivity contribution in [2.75, 3.05) is 0 Å². The fraction of sp³-hybridized carbons (Fsp3) is 0.176. The zero-order valence-corrected chi connectivity index (χ0v) is 11.7. The van der Waals surface area contributed by atoms with E-state index in [9.17, 15) is 4.39 Å². The van der Waals surface area contributed by atoms with Crippen molar-refractivity contribution in [3.05, 3.63) is 71.9 Å². The highest BCUT2D eigenvalue weighted by atomic mass is 19.1. The van der Waals surface area contributed by atoms with E-state index in [1.54, 1.807) is 12.1 Å². The van der Waals surface area contributed by atoms with E-state index in [0.717, 1.165) is 17.5 Å². The monoisotopic (exact) mass is 282 g/mol. The Morgan fingerprint density at radius 3 is 2.38 bits per heavy atom. The van der Waals surface area contributed by atoms with Crippen molar-refractivity contribution < 1.29 is 8.81 Å². The first-order valence-electron chi connectivity index (χ1n) is 6.92. The third-order valence-corrected chi connectivity index (χ3v) is 3.44. The van der Waals surface area contributed by atoms with Crippen LogP contribution in [0.5, 0.6) is 0 Å². The number of aromatic nitrogens is 2. The van der Waals surface area contributed by atoms with Gasteiger partial charge < -0.3 is 4.42 Å². The number of benzene rings is 2. The summed E-state index contributed by atoms with van der Waals surface area (Å²) in [5.41, 5.74) is 1.87. The van der Waals surface area contributed by atoms with Crippen LogP contribution in [0, 0.1) is 5.82 Å². The Labute approximate surface area is 122 Å². The molecule has 0 saturated heterocycles. The number of hydrogen-bond acceptors (Lipinski definition) is 3. The van der Waals surface area contributed by atoms with Gasteiger partial charge in [0, 0.05) is 5.56 Å². The van der Waals surface area contributed by atoms with Gasteiger partial charge in [-0.1, -0.05) is 37.3 Å². The van der Waals surface area contributed by atoms with Crippen molar-refractivity contribution >= 4 is 0 Å². The van der Waals surface area contributed by atoms with Crippen molar-refractivity contribution in [1.82, 2.24) is 10.2 Å². The van der Waals surface area contributed by atoms with Crippen LogP contribution in [0.3, 0.4) is 0 Å². The molecule has 1 heterocycles. The van der Waals surface area contributed by atoms with Crippen LogP contribution in [0.15, 0.2) is 59.0 Å². The Morgan fingerprint density at radius 2 is 1.71 bits per heavy atom. The zero-order valence-electron chi connectivity index (χ0n) is 11.7. The summed E-state index contributed by atoms with van der Waals surface area (Å²) in [6, 6.07) is 16.1. The SMILES string of the molecule is CCC(c1ccccc1)c1nnc(-c2ccc(F)cc2)o1. The van der Waals surface area contributed by atoms with Gasteiger partial charge in [-0.2, -0.15) is 0 Å². The molecule has 1 unspecified atom stereocenters. The van der Waals surface area contributed by atoms with Gasteiger partial charge in [-0.3, -0.25) is 0 Å². The Balaban J connectivity index is 1.92. The maximum absolute atomic E-state index is 12.9. The summed E-state index contributed by atoms with van der Waals surface area (Å²) in [5.74, 6) is 0.796. The van der Waals surface area contributed by atoms with Crippen molar-refractivity contribution in [2.24, 2.45) is 0 Å². The summed E-state index contributed by atoms with van der Waals surface area (Å²) in [7, 11) is 0. The molecular formula is C17H15FN2O. The lowest BCUT2D eigenvalue weighted by Crippen LogP contribution is -1.99. The summed E-state index contributed by atoms with van der Waals surface area (Å²) < 4.78 is 18.7. The van der Waals surface area contributed by atoms with Gasteiger partial charge in [0.1, 0.15) is 5.82 Å². The molecule has 0 fully saturated rings. The third-order valence-electron chi connectivity index (χ3n) is 3.44. The second kappa shape index (κ2) is 5.87. The maximum atomic E-state index is 12.9. The molecule has 0 aliphatic rings. The van der Waals surface area contributed by atoms with Crippen LogP contribution in [0.4, 0.5) is 4.39 Å². The molecule has 1 atom stereocenters. The Morgan fingerprint density at radius 1 is 1.00 bits per heavy atom. The molecule has 2 aromatic carbocycles. The first-order chi connectivity index (χ1) is 10.3. The number of hydrogen-bond donors (Lipinski definition) is 0. The van der Waals surface area contributed by atoms with E-state index < -0.39 is 0 Å². The standard InChI is InChI=1S/C17H15FN2O/c1-2-15(12-6-4-3-5-7-12)17-20-19-16(21-17)13-8-10-14(18)11-9-13/h3-11,15H,2H2,1H3. The van der Waals surface area contributed by atoms with Gasteiger partial charge >= 0.3 is 0 Å². The van der Waals surface area contributed by atoms with E-state index in [2.05, 4.69) is 29.3 Å². The topological polar surface area (TPSA) is 38.9 Å². The minimum atomic E-state index is -0.283. The zero-order chi connectivity index (χ0) is 14.7. The molecule has 0 saturated carbocycles. The molecule has 3 aromatic rings. The van der Waals surface area contributed by atoms with E-state index in [0.29, 0.717) is 11.8 Å². The predicted octanol–water partition coefficient (Wildman–Crippen LogP) is 4.42. The molecule has 0 aliphatic heterocycles. The van der Waals surface area contributed by atoms with Crippen LogP contribution in [0.25, 0.3) is 11.5 Å². The van der Waals surface area contributed by atoms with E-state index in [1.165, 1.54) is 12.1 Å². The van der Waals surface area contributed by atoms with Gasteiger partial charge in [0.15, 0.2) is 0 Å². The minimum absolute atomic E-state index is 0.0768. The molecule has 3 rings (SSSR count). The molecule has 4 heteroatoms. The van der Waals surface area contributed by atoms with Crippen LogP contribution in [0.1, 0.15) is 30.7 Å².